The van der Waals surface area contributed by atoms with Gasteiger partial charge < -0.3 is 4.57 Å². The summed E-state index contributed by atoms with van der Waals surface area (Å²) in [6, 6.07) is 32.6. The standard InChI is InChI=1S/C28H23N/c1-3-10-21-15-17-25-26-19-23(22-11-6-4-7-12-22)16-18-27(26)29(28(25)20(21)2)24-13-8-5-9-14-24/h3-19H,1-2H3/b10-3-. The molecule has 0 amide bonds. The third-order valence-corrected chi connectivity index (χ3v) is 5.69. The molecule has 0 saturated heterocycles. The Morgan fingerprint density at radius 2 is 1.41 bits per heavy atom. The van der Waals surface area contributed by atoms with Gasteiger partial charge in [0.1, 0.15) is 0 Å². The van der Waals surface area contributed by atoms with Gasteiger partial charge in [-0.05, 0) is 60.4 Å². The average Bonchev–Trinajstić information content (AvgIpc) is 3.11. The fourth-order valence-corrected chi connectivity index (χ4v) is 4.30. The summed E-state index contributed by atoms with van der Waals surface area (Å²) in [6.07, 6.45) is 4.30. The number of allylic oxidation sites excluding steroid dienone is 1. The number of fused-ring (bicyclic) bond motifs is 3. The zero-order valence-corrected chi connectivity index (χ0v) is 16.8. The first-order valence-electron chi connectivity index (χ1n) is 10.1. The van der Waals surface area contributed by atoms with Crippen molar-refractivity contribution >= 4 is 27.9 Å². The van der Waals surface area contributed by atoms with E-state index in [2.05, 4.69) is 122 Å². The number of para-hydroxylation sites is 1. The maximum atomic E-state index is 2.40. The quantitative estimate of drug-likeness (QED) is 0.304. The zero-order chi connectivity index (χ0) is 19.8. The zero-order valence-electron chi connectivity index (χ0n) is 16.8. The van der Waals surface area contributed by atoms with Crippen LogP contribution in [0.15, 0.2) is 97.1 Å². The van der Waals surface area contributed by atoms with Gasteiger partial charge in [0.25, 0.3) is 0 Å². The third kappa shape index (κ3) is 2.87. The molecule has 0 radical (unpaired) electrons. The Balaban J connectivity index is 1.90. The largest absolute Gasteiger partial charge is 0.309 e. The monoisotopic (exact) mass is 373 g/mol. The summed E-state index contributed by atoms with van der Waals surface area (Å²) in [7, 11) is 0. The van der Waals surface area contributed by atoms with Gasteiger partial charge >= 0.3 is 0 Å². The highest BCUT2D eigenvalue weighted by Gasteiger charge is 2.16. The molecule has 0 saturated carbocycles. The van der Waals surface area contributed by atoms with Gasteiger partial charge in [0, 0.05) is 16.5 Å². The first-order chi connectivity index (χ1) is 14.3. The fraction of sp³-hybridized carbons (Fsp3) is 0.0714. The van der Waals surface area contributed by atoms with Crippen molar-refractivity contribution in [1.29, 1.82) is 0 Å². The van der Waals surface area contributed by atoms with E-state index in [-0.39, 0.29) is 0 Å². The van der Waals surface area contributed by atoms with E-state index in [1.165, 1.54) is 49.7 Å². The van der Waals surface area contributed by atoms with E-state index in [9.17, 15) is 0 Å². The maximum Gasteiger partial charge on any atom is 0.0576 e. The summed E-state index contributed by atoms with van der Waals surface area (Å²) in [4.78, 5) is 0. The van der Waals surface area contributed by atoms with Crippen LogP contribution in [-0.2, 0) is 0 Å². The van der Waals surface area contributed by atoms with Crippen LogP contribution in [0.25, 0.3) is 44.7 Å². The average molecular weight is 373 g/mol. The van der Waals surface area contributed by atoms with Crippen LogP contribution in [0, 0.1) is 6.92 Å². The lowest BCUT2D eigenvalue weighted by molar-refractivity contribution is 1.17. The van der Waals surface area contributed by atoms with Crippen LogP contribution in [0.5, 0.6) is 0 Å². The second-order valence-corrected chi connectivity index (χ2v) is 7.44. The van der Waals surface area contributed by atoms with Crippen LogP contribution in [0.1, 0.15) is 18.1 Å². The third-order valence-electron chi connectivity index (χ3n) is 5.69. The molecule has 5 aromatic rings. The summed E-state index contributed by atoms with van der Waals surface area (Å²) < 4.78 is 2.40. The molecule has 4 aromatic carbocycles. The number of hydrogen-bond acceptors (Lipinski definition) is 0. The number of nitrogens with zero attached hydrogens (tertiary/aromatic N) is 1. The summed E-state index contributed by atoms with van der Waals surface area (Å²) in [6.45, 7) is 4.30. The van der Waals surface area contributed by atoms with E-state index in [0.717, 1.165) is 0 Å². The van der Waals surface area contributed by atoms with Crippen molar-refractivity contribution in [2.45, 2.75) is 13.8 Å². The predicted molar refractivity (Wildman–Crippen MR) is 126 cm³/mol. The van der Waals surface area contributed by atoms with Gasteiger partial charge in [0.05, 0.1) is 11.0 Å². The molecule has 0 atom stereocenters. The van der Waals surface area contributed by atoms with Gasteiger partial charge in [0.2, 0.25) is 0 Å². The molecular weight excluding hydrogens is 350 g/mol. The van der Waals surface area contributed by atoms with Crippen molar-refractivity contribution in [2.75, 3.05) is 0 Å². The van der Waals surface area contributed by atoms with E-state index >= 15 is 0 Å². The molecule has 0 unspecified atom stereocenters. The van der Waals surface area contributed by atoms with Crippen molar-refractivity contribution in [3.8, 4) is 16.8 Å². The number of aromatic nitrogens is 1. The Labute approximate surface area is 171 Å². The summed E-state index contributed by atoms with van der Waals surface area (Å²) >= 11 is 0. The minimum absolute atomic E-state index is 1.20. The number of aryl methyl sites for hydroxylation is 1. The minimum Gasteiger partial charge on any atom is -0.309 e. The van der Waals surface area contributed by atoms with Crippen molar-refractivity contribution < 1.29 is 0 Å². The van der Waals surface area contributed by atoms with E-state index < -0.39 is 0 Å². The van der Waals surface area contributed by atoms with Crippen LogP contribution in [0.3, 0.4) is 0 Å². The Bertz CT molecular complexity index is 1340. The Morgan fingerprint density at radius 1 is 0.690 bits per heavy atom. The second kappa shape index (κ2) is 7.10. The lowest BCUT2D eigenvalue weighted by Gasteiger charge is -2.11. The summed E-state index contributed by atoms with van der Waals surface area (Å²) in [5.74, 6) is 0. The fourth-order valence-electron chi connectivity index (χ4n) is 4.30. The summed E-state index contributed by atoms with van der Waals surface area (Å²) in [5.41, 5.74) is 8.79. The molecule has 140 valence electrons. The smallest absolute Gasteiger partial charge is 0.0576 e. The maximum absolute atomic E-state index is 2.40. The topological polar surface area (TPSA) is 4.93 Å². The van der Waals surface area contributed by atoms with Gasteiger partial charge in [-0.25, -0.2) is 0 Å². The highest BCUT2D eigenvalue weighted by atomic mass is 15.0. The molecule has 0 aliphatic rings. The van der Waals surface area contributed by atoms with Gasteiger partial charge in [-0.2, -0.15) is 0 Å². The SMILES string of the molecule is C/C=C\c1ccc2c3cc(-c4ccccc4)ccc3n(-c3ccccc3)c2c1C. The molecule has 5 rings (SSSR count). The van der Waals surface area contributed by atoms with Crippen molar-refractivity contribution in [2.24, 2.45) is 0 Å². The van der Waals surface area contributed by atoms with Crippen LogP contribution in [0.2, 0.25) is 0 Å². The highest BCUT2D eigenvalue weighted by Crippen LogP contribution is 2.37. The summed E-state index contributed by atoms with van der Waals surface area (Å²) in [5, 5.41) is 2.59. The van der Waals surface area contributed by atoms with Crippen LogP contribution < -0.4 is 0 Å². The van der Waals surface area contributed by atoms with Gasteiger partial charge in [0.15, 0.2) is 0 Å². The van der Waals surface area contributed by atoms with Crippen LogP contribution in [-0.4, -0.2) is 4.57 Å². The molecule has 1 nitrogen and oxygen atoms in total. The van der Waals surface area contributed by atoms with Crippen molar-refractivity contribution in [3.63, 3.8) is 0 Å². The van der Waals surface area contributed by atoms with E-state index in [1.54, 1.807) is 0 Å². The molecular formula is C28H23N. The molecule has 0 spiro atoms. The van der Waals surface area contributed by atoms with E-state index in [0.29, 0.717) is 0 Å². The second-order valence-electron chi connectivity index (χ2n) is 7.44. The van der Waals surface area contributed by atoms with E-state index in [4.69, 9.17) is 0 Å². The van der Waals surface area contributed by atoms with Gasteiger partial charge in [-0.3, -0.25) is 0 Å². The Hall–Kier alpha value is -3.58. The number of rotatable bonds is 3. The highest BCUT2D eigenvalue weighted by molar-refractivity contribution is 6.12. The molecule has 1 heteroatoms. The van der Waals surface area contributed by atoms with Gasteiger partial charge in [-0.1, -0.05) is 78.9 Å². The number of benzene rings is 4. The minimum atomic E-state index is 1.20. The van der Waals surface area contributed by atoms with Gasteiger partial charge in [-0.15, -0.1) is 0 Å². The lowest BCUT2D eigenvalue weighted by Crippen LogP contribution is -1.96. The van der Waals surface area contributed by atoms with E-state index in [1.807, 2.05) is 0 Å². The normalized spacial score (nSPS) is 11.7. The predicted octanol–water partition coefficient (Wildman–Crippen LogP) is 7.79. The molecule has 0 aliphatic carbocycles. The first-order valence-corrected chi connectivity index (χ1v) is 10.1. The molecule has 0 N–H and O–H groups in total. The molecule has 0 aliphatic heterocycles. The first kappa shape index (κ1) is 17.5. The van der Waals surface area contributed by atoms with Crippen molar-refractivity contribution in [3.05, 3.63) is 108 Å². The van der Waals surface area contributed by atoms with Crippen molar-refractivity contribution in [1.82, 2.24) is 4.57 Å². The molecule has 1 heterocycles. The van der Waals surface area contributed by atoms with Crippen LogP contribution >= 0.6 is 0 Å². The molecule has 0 bridgehead atoms. The Morgan fingerprint density at radius 3 is 2.14 bits per heavy atom. The number of hydrogen-bond donors (Lipinski definition) is 0. The molecule has 0 fully saturated rings. The molecule has 29 heavy (non-hydrogen) atoms. The van der Waals surface area contributed by atoms with Crippen LogP contribution in [0.4, 0.5) is 0 Å². The Kier molecular flexibility index (Phi) is 4.29. The lowest BCUT2D eigenvalue weighted by atomic mass is 10.0. The molecule has 1 aromatic heterocycles.